The van der Waals surface area contributed by atoms with Crippen LogP contribution in [0.5, 0.6) is 11.5 Å². The van der Waals surface area contributed by atoms with E-state index in [0.717, 1.165) is 25.1 Å². The largest absolute Gasteiger partial charge is 0.497 e. The highest BCUT2D eigenvalue weighted by atomic mass is 19.1. The number of carbonyl (C=O) groups excluding carboxylic acids is 1. The van der Waals surface area contributed by atoms with Gasteiger partial charge < -0.3 is 14.8 Å². The van der Waals surface area contributed by atoms with Crippen LogP contribution in [0.15, 0.2) is 48.5 Å². The third-order valence-electron chi connectivity index (χ3n) is 5.48. The highest BCUT2D eigenvalue weighted by molar-refractivity contribution is 5.80. The number of amides is 1. The lowest BCUT2D eigenvalue weighted by atomic mass is 9.85. The van der Waals surface area contributed by atoms with Gasteiger partial charge in [-0.15, -0.1) is 0 Å². The van der Waals surface area contributed by atoms with E-state index in [0.29, 0.717) is 18.2 Å². The van der Waals surface area contributed by atoms with Crippen molar-refractivity contribution < 1.29 is 18.7 Å². The lowest BCUT2D eigenvalue weighted by Gasteiger charge is -2.39. The van der Waals surface area contributed by atoms with Gasteiger partial charge in [0.1, 0.15) is 17.3 Å². The molecule has 6 heteroatoms. The van der Waals surface area contributed by atoms with Gasteiger partial charge in [0, 0.05) is 18.7 Å². The number of halogens is 1. The second kappa shape index (κ2) is 9.74. The summed E-state index contributed by atoms with van der Waals surface area (Å²) in [4.78, 5) is 14.9. The molecule has 1 heterocycles. The first-order chi connectivity index (χ1) is 14.0. The summed E-state index contributed by atoms with van der Waals surface area (Å²) in [6.45, 7) is 3.27. The van der Waals surface area contributed by atoms with Crippen molar-refractivity contribution in [3.05, 3.63) is 59.9 Å². The topological polar surface area (TPSA) is 50.8 Å². The van der Waals surface area contributed by atoms with E-state index in [1.807, 2.05) is 12.1 Å². The Balaban J connectivity index is 1.61. The summed E-state index contributed by atoms with van der Waals surface area (Å²) in [5.41, 5.74) is 1.22. The van der Waals surface area contributed by atoms with E-state index >= 15 is 0 Å². The highest BCUT2D eigenvalue weighted by Gasteiger charge is 2.31. The van der Waals surface area contributed by atoms with Crippen molar-refractivity contribution in [3.8, 4) is 11.5 Å². The molecule has 0 spiro atoms. The normalized spacial score (nSPS) is 20.7. The summed E-state index contributed by atoms with van der Waals surface area (Å²) in [6, 6.07) is 14.2. The second-order valence-corrected chi connectivity index (χ2v) is 7.56. The molecule has 0 radical (unpaired) electrons. The van der Waals surface area contributed by atoms with Gasteiger partial charge in [0.05, 0.1) is 7.11 Å². The number of ether oxygens (including phenoxy) is 2. The molecule has 1 aliphatic heterocycles. The molecule has 156 valence electrons. The van der Waals surface area contributed by atoms with Gasteiger partial charge in [0.25, 0.3) is 5.91 Å². The Kier molecular flexibility index (Phi) is 7.09. The zero-order valence-corrected chi connectivity index (χ0v) is 17.2. The fourth-order valence-electron chi connectivity index (χ4n) is 3.97. The van der Waals surface area contributed by atoms with Crippen molar-refractivity contribution >= 4 is 5.91 Å². The molecule has 0 bridgehead atoms. The second-order valence-electron chi connectivity index (χ2n) is 7.56. The van der Waals surface area contributed by atoms with Gasteiger partial charge in [-0.1, -0.05) is 18.2 Å². The van der Waals surface area contributed by atoms with Gasteiger partial charge in [0.2, 0.25) is 0 Å². The van der Waals surface area contributed by atoms with E-state index in [2.05, 4.69) is 29.4 Å². The van der Waals surface area contributed by atoms with Crippen LogP contribution in [-0.4, -0.2) is 44.2 Å². The predicted octanol–water partition coefficient (Wildman–Crippen LogP) is 3.80. The highest BCUT2D eigenvalue weighted by Crippen LogP contribution is 2.35. The lowest BCUT2D eigenvalue weighted by molar-refractivity contribution is -0.127. The fraction of sp³-hybridized carbons (Fsp3) is 0.435. The lowest BCUT2D eigenvalue weighted by Crippen LogP contribution is -2.44. The molecule has 3 atom stereocenters. The molecular formula is C23H29FN2O3. The molecule has 0 aromatic heterocycles. The van der Waals surface area contributed by atoms with Crippen LogP contribution in [0.2, 0.25) is 0 Å². The van der Waals surface area contributed by atoms with Crippen LogP contribution in [0.25, 0.3) is 0 Å². The first-order valence-electron chi connectivity index (χ1n) is 10.0. The van der Waals surface area contributed by atoms with Crippen molar-refractivity contribution in [1.82, 2.24) is 10.2 Å². The maximum Gasteiger partial charge on any atom is 0.260 e. The van der Waals surface area contributed by atoms with E-state index in [-0.39, 0.29) is 17.8 Å². The summed E-state index contributed by atoms with van der Waals surface area (Å²) < 4.78 is 24.1. The summed E-state index contributed by atoms with van der Waals surface area (Å²) in [5, 5.41) is 3.02. The molecule has 1 N–H and O–H groups in total. The number of hydrogen-bond donors (Lipinski definition) is 1. The van der Waals surface area contributed by atoms with Gasteiger partial charge in [-0.25, -0.2) is 4.39 Å². The average molecular weight is 400 g/mol. The smallest absolute Gasteiger partial charge is 0.260 e. The molecule has 2 aromatic rings. The number of piperidine rings is 1. The van der Waals surface area contributed by atoms with Crippen molar-refractivity contribution in [2.24, 2.45) is 5.92 Å². The van der Waals surface area contributed by atoms with Crippen molar-refractivity contribution in [2.45, 2.75) is 31.9 Å². The number of hydrogen-bond acceptors (Lipinski definition) is 4. The minimum Gasteiger partial charge on any atom is -0.497 e. The van der Waals surface area contributed by atoms with E-state index in [1.165, 1.54) is 17.7 Å². The average Bonchev–Trinajstić information content (AvgIpc) is 2.72. The van der Waals surface area contributed by atoms with Crippen LogP contribution in [-0.2, 0) is 4.79 Å². The van der Waals surface area contributed by atoms with Crippen molar-refractivity contribution in [1.29, 1.82) is 0 Å². The van der Waals surface area contributed by atoms with Crippen LogP contribution < -0.4 is 14.8 Å². The molecule has 1 aliphatic rings. The van der Waals surface area contributed by atoms with Crippen LogP contribution in [0, 0.1) is 11.7 Å². The fourth-order valence-corrected chi connectivity index (χ4v) is 3.97. The SMILES string of the molecule is COc1ccc(C2C(CNC(=O)C(C)Oc3cccc(F)c3)CCCN2C)cc1. The third-order valence-corrected chi connectivity index (χ3v) is 5.48. The monoisotopic (exact) mass is 400 g/mol. The Hall–Kier alpha value is -2.60. The Morgan fingerprint density at radius 1 is 1.24 bits per heavy atom. The molecular weight excluding hydrogens is 371 g/mol. The predicted molar refractivity (Wildman–Crippen MR) is 111 cm³/mol. The molecule has 3 unspecified atom stereocenters. The number of likely N-dealkylation sites (tertiary alicyclic amines) is 1. The maximum absolute atomic E-state index is 13.3. The molecule has 29 heavy (non-hydrogen) atoms. The summed E-state index contributed by atoms with van der Waals surface area (Å²) in [6.07, 6.45) is 1.44. The van der Waals surface area contributed by atoms with Crippen molar-refractivity contribution in [2.75, 3.05) is 27.2 Å². The first kappa shape index (κ1) is 21.1. The van der Waals surface area contributed by atoms with Gasteiger partial charge in [0.15, 0.2) is 6.10 Å². The number of nitrogens with one attached hydrogen (secondary N) is 1. The van der Waals surface area contributed by atoms with E-state index in [4.69, 9.17) is 9.47 Å². The number of nitrogens with zero attached hydrogens (tertiary/aromatic N) is 1. The van der Waals surface area contributed by atoms with Crippen LogP contribution >= 0.6 is 0 Å². The number of methoxy groups -OCH3 is 1. The van der Waals surface area contributed by atoms with Crippen LogP contribution in [0.1, 0.15) is 31.4 Å². The minimum atomic E-state index is -0.697. The zero-order valence-electron chi connectivity index (χ0n) is 17.2. The van der Waals surface area contributed by atoms with Gasteiger partial charge in [-0.05, 0) is 69.1 Å². The zero-order chi connectivity index (χ0) is 20.8. The Morgan fingerprint density at radius 3 is 2.69 bits per heavy atom. The molecule has 0 aliphatic carbocycles. The van der Waals surface area contributed by atoms with E-state index in [9.17, 15) is 9.18 Å². The minimum absolute atomic E-state index is 0.198. The van der Waals surface area contributed by atoms with Gasteiger partial charge in [-0.2, -0.15) is 0 Å². The molecule has 5 nitrogen and oxygen atoms in total. The number of rotatable bonds is 7. The Bertz CT molecular complexity index is 812. The van der Waals surface area contributed by atoms with Gasteiger partial charge in [-0.3, -0.25) is 9.69 Å². The van der Waals surface area contributed by atoms with Crippen molar-refractivity contribution in [3.63, 3.8) is 0 Å². The van der Waals surface area contributed by atoms with Crippen LogP contribution in [0.4, 0.5) is 4.39 Å². The standard InChI is InChI=1S/C23H29FN2O3/c1-16(29-21-8-4-7-19(24)14-21)23(27)25-15-18-6-5-13-26(2)22(18)17-9-11-20(28-3)12-10-17/h4,7-12,14,16,18,22H,5-6,13,15H2,1-3H3,(H,25,27). The quantitative estimate of drug-likeness (QED) is 0.768. The van der Waals surface area contributed by atoms with E-state index < -0.39 is 6.10 Å². The Labute approximate surface area is 171 Å². The molecule has 1 amide bonds. The summed E-state index contributed by atoms with van der Waals surface area (Å²) in [5.74, 6) is 0.896. The summed E-state index contributed by atoms with van der Waals surface area (Å²) >= 11 is 0. The van der Waals surface area contributed by atoms with Crippen LogP contribution in [0.3, 0.4) is 0 Å². The number of carbonyl (C=O) groups is 1. The third kappa shape index (κ3) is 5.48. The maximum atomic E-state index is 13.3. The van der Waals surface area contributed by atoms with Gasteiger partial charge >= 0.3 is 0 Å². The molecule has 0 saturated carbocycles. The van der Waals surface area contributed by atoms with E-state index in [1.54, 1.807) is 26.2 Å². The molecule has 3 rings (SSSR count). The number of benzene rings is 2. The molecule has 1 saturated heterocycles. The Morgan fingerprint density at radius 2 is 2.00 bits per heavy atom. The summed E-state index contributed by atoms with van der Waals surface area (Å²) in [7, 11) is 3.78. The molecule has 2 aromatic carbocycles. The first-order valence-corrected chi connectivity index (χ1v) is 10.0. The molecule has 1 fully saturated rings.